The van der Waals surface area contributed by atoms with Gasteiger partial charge in [-0.2, -0.15) is 0 Å². The van der Waals surface area contributed by atoms with Gasteiger partial charge in [-0.05, 0) is 37.5 Å². The van der Waals surface area contributed by atoms with Gasteiger partial charge in [0.05, 0.1) is 12.5 Å². The van der Waals surface area contributed by atoms with Gasteiger partial charge in [0, 0.05) is 25.3 Å². The van der Waals surface area contributed by atoms with Crippen LogP contribution >= 0.6 is 0 Å². The van der Waals surface area contributed by atoms with Crippen molar-refractivity contribution in [2.24, 2.45) is 5.92 Å². The third-order valence-corrected chi connectivity index (χ3v) is 4.00. The number of carbonyl (C=O) groups is 2. The predicted octanol–water partition coefficient (Wildman–Crippen LogP) is 2.16. The van der Waals surface area contributed by atoms with Crippen LogP contribution in [0.1, 0.15) is 35.7 Å². The van der Waals surface area contributed by atoms with Crippen molar-refractivity contribution in [3.63, 3.8) is 0 Å². The molecule has 2 atom stereocenters. The molecule has 0 saturated carbocycles. The molecular formula is C16H21NO4. The van der Waals surface area contributed by atoms with Crippen LogP contribution in [-0.4, -0.2) is 41.6 Å². The Bertz CT molecular complexity index is 512. The van der Waals surface area contributed by atoms with Crippen LogP contribution in [0.25, 0.3) is 0 Å². The molecule has 1 heterocycles. The van der Waals surface area contributed by atoms with Crippen molar-refractivity contribution in [3.05, 3.63) is 35.4 Å². The van der Waals surface area contributed by atoms with Crippen molar-refractivity contribution < 1.29 is 19.4 Å². The van der Waals surface area contributed by atoms with Crippen molar-refractivity contribution in [1.82, 2.24) is 4.90 Å². The number of rotatable bonds is 4. The summed E-state index contributed by atoms with van der Waals surface area (Å²) in [5.74, 6) is -1.38. The van der Waals surface area contributed by atoms with E-state index in [1.807, 2.05) is 19.1 Å². The topological polar surface area (TPSA) is 66.8 Å². The number of piperidine rings is 1. The van der Waals surface area contributed by atoms with Gasteiger partial charge in [0.15, 0.2) is 0 Å². The Morgan fingerprint density at radius 3 is 2.52 bits per heavy atom. The van der Waals surface area contributed by atoms with Crippen molar-refractivity contribution in [2.75, 3.05) is 13.7 Å². The first kappa shape index (κ1) is 15.5. The van der Waals surface area contributed by atoms with Crippen LogP contribution in [0.15, 0.2) is 24.3 Å². The quantitative estimate of drug-likeness (QED) is 0.923. The number of ether oxygens (including phenoxy) is 1. The van der Waals surface area contributed by atoms with Crippen LogP contribution in [0.3, 0.4) is 0 Å². The molecule has 0 radical (unpaired) electrons. The van der Waals surface area contributed by atoms with E-state index in [2.05, 4.69) is 0 Å². The molecular weight excluding hydrogens is 270 g/mol. The summed E-state index contributed by atoms with van der Waals surface area (Å²) in [7, 11) is 1.63. The molecule has 5 nitrogen and oxygen atoms in total. The summed E-state index contributed by atoms with van der Waals surface area (Å²) in [4.78, 5) is 25.4. The number of nitrogens with zero attached hydrogens (tertiary/aromatic N) is 1. The number of benzene rings is 1. The van der Waals surface area contributed by atoms with E-state index in [0.717, 1.165) is 12.0 Å². The number of hydrogen-bond acceptors (Lipinski definition) is 3. The Balaban J connectivity index is 2.11. The zero-order valence-electron chi connectivity index (χ0n) is 12.4. The molecule has 114 valence electrons. The smallest absolute Gasteiger partial charge is 0.308 e. The second kappa shape index (κ2) is 6.72. The van der Waals surface area contributed by atoms with Gasteiger partial charge in [0.1, 0.15) is 0 Å². The molecule has 1 N–H and O–H groups in total. The van der Waals surface area contributed by atoms with Crippen LogP contribution in [0, 0.1) is 5.92 Å². The molecule has 1 fully saturated rings. The molecule has 1 aliphatic heterocycles. The highest BCUT2D eigenvalue weighted by atomic mass is 16.5. The first-order chi connectivity index (χ1) is 10.0. The summed E-state index contributed by atoms with van der Waals surface area (Å²) in [6.45, 7) is 2.76. The number of carboxylic acid groups (broad SMARTS) is 1. The molecule has 0 aromatic heterocycles. The number of amides is 1. The molecule has 0 aliphatic carbocycles. The summed E-state index contributed by atoms with van der Waals surface area (Å²) < 4.78 is 5.04. The maximum absolute atomic E-state index is 12.5. The number of likely N-dealkylation sites (tertiary alicyclic amines) is 1. The predicted molar refractivity (Wildman–Crippen MR) is 78.0 cm³/mol. The SMILES string of the molecule is COCc1ccc(C(=O)N2CC(C(=O)O)CCC2C)cc1. The van der Waals surface area contributed by atoms with Gasteiger partial charge in [0.25, 0.3) is 5.91 Å². The van der Waals surface area contributed by atoms with Gasteiger partial charge in [-0.3, -0.25) is 9.59 Å². The third kappa shape index (κ3) is 3.61. The summed E-state index contributed by atoms with van der Waals surface area (Å²) in [5, 5.41) is 9.14. The molecule has 5 heteroatoms. The van der Waals surface area contributed by atoms with Gasteiger partial charge < -0.3 is 14.7 Å². The third-order valence-electron chi connectivity index (χ3n) is 4.00. The van der Waals surface area contributed by atoms with E-state index in [4.69, 9.17) is 9.84 Å². The molecule has 1 amide bonds. The Labute approximate surface area is 124 Å². The second-order valence-corrected chi connectivity index (χ2v) is 5.55. The lowest BCUT2D eigenvalue weighted by Crippen LogP contribution is -2.47. The van der Waals surface area contributed by atoms with Gasteiger partial charge in [0.2, 0.25) is 0 Å². The van der Waals surface area contributed by atoms with E-state index >= 15 is 0 Å². The largest absolute Gasteiger partial charge is 0.481 e. The van der Waals surface area contributed by atoms with Gasteiger partial charge in [-0.25, -0.2) is 0 Å². The van der Waals surface area contributed by atoms with Gasteiger partial charge in [-0.1, -0.05) is 12.1 Å². The fourth-order valence-corrected chi connectivity index (χ4v) is 2.67. The molecule has 2 rings (SSSR count). The van der Waals surface area contributed by atoms with Crippen LogP contribution < -0.4 is 0 Å². The summed E-state index contributed by atoms with van der Waals surface area (Å²) >= 11 is 0. The molecule has 1 aromatic carbocycles. The molecule has 0 bridgehead atoms. The van der Waals surface area contributed by atoms with Crippen LogP contribution in [0.4, 0.5) is 0 Å². The monoisotopic (exact) mass is 291 g/mol. The van der Waals surface area contributed by atoms with Crippen molar-refractivity contribution in [1.29, 1.82) is 0 Å². The minimum Gasteiger partial charge on any atom is -0.481 e. The minimum absolute atomic E-state index is 0.0757. The van der Waals surface area contributed by atoms with Crippen LogP contribution in [0.5, 0.6) is 0 Å². The van der Waals surface area contributed by atoms with Crippen LogP contribution in [0.2, 0.25) is 0 Å². The Morgan fingerprint density at radius 2 is 1.95 bits per heavy atom. The normalized spacial score (nSPS) is 22.1. The number of methoxy groups -OCH3 is 1. The maximum Gasteiger partial charge on any atom is 0.308 e. The van der Waals surface area contributed by atoms with Crippen molar-refractivity contribution in [2.45, 2.75) is 32.4 Å². The van der Waals surface area contributed by atoms with E-state index in [1.54, 1.807) is 24.1 Å². The molecule has 1 saturated heterocycles. The Morgan fingerprint density at radius 1 is 1.29 bits per heavy atom. The standard InChI is InChI=1S/C16H21NO4/c1-11-3-6-14(16(19)20)9-17(11)15(18)13-7-4-12(5-8-13)10-21-2/h4-5,7-8,11,14H,3,6,9-10H2,1-2H3,(H,19,20). The van der Waals surface area contributed by atoms with Gasteiger partial charge in [-0.15, -0.1) is 0 Å². The highest BCUT2D eigenvalue weighted by Crippen LogP contribution is 2.24. The number of carboxylic acids is 1. The summed E-state index contributed by atoms with van der Waals surface area (Å²) in [6, 6.07) is 7.34. The first-order valence-electron chi connectivity index (χ1n) is 7.14. The maximum atomic E-state index is 12.5. The Kier molecular flexibility index (Phi) is 4.96. The minimum atomic E-state index is -0.824. The lowest BCUT2D eigenvalue weighted by Gasteiger charge is -2.36. The van der Waals surface area contributed by atoms with E-state index in [9.17, 15) is 9.59 Å². The van der Waals surface area contributed by atoms with E-state index in [1.165, 1.54) is 0 Å². The second-order valence-electron chi connectivity index (χ2n) is 5.55. The highest BCUT2D eigenvalue weighted by Gasteiger charge is 2.32. The number of carbonyl (C=O) groups excluding carboxylic acids is 1. The van der Waals surface area contributed by atoms with Crippen LogP contribution in [-0.2, 0) is 16.1 Å². The lowest BCUT2D eigenvalue weighted by molar-refractivity contribution is -0.143. The van der Waals surface area contributed by atoms with E-state index < -0.39 is 11.9 Å². The average molecular weight is 291 g/mol. The van der Waals surface area contributed by atoms with Crippen molar-refractivity contribution >= 4 is 11.9 Å². The average Bonchev–Trinajstić information content (AvgIpc) is 2.48. The zero-order valence-corrected chi connectivity index (χ0v) is 12.4. The van der Waals surface area contributed by atoms with Gasteiger partial charge >= 0.3 is 5.97 Å². The Hall–Kier alpha value is -1.88. The molecule has 21 heavy (non-hydrogen) atoms. The number of aliphatic carboxylic acids is 1. The fraction of sp³-hybridized carbons (Fsp3) is 0.500. The van der Waals surface area contributed by atoms with Crippen molar-refractivity contribution in [3.8, 4) is 0 Å². The molecule has 0 spiro atoms. The molecule has 1 aliphatic rings. The fourth-order valence-electron chi connectivity index (χ4n) is 2.67. The zero-order chi connectivity index (χ0) is 15.4. The summed E-state index contributed by atoms with van der Waals surface area (Å²) in [5.41, 5.74) is 1.59. The molecule has 1 aromatic rings. The number of hydrogen-bond donors (Lipinski definition) is 1. The molecule has 2 unspecified atom stereocenters. The lowest BCUT2D eigenvalue weighted by atomic mass is 9.93. The van der Waals surface area contributed by atoms with E-state index in [0.29, 0.717) is 18.6 Å². The highest BCUT2D eigenvalue weighted by molar-refractivity contribution is 5.94. The van der Waals surface area contributed by atoms with E-state index in [-0.39, 0.29) is 18.5 Å². The first-order valence-corrected chi connectivity index (χ1v) is 7.14. The summed E-state index contributed by atoms with van der Waals surface area (Å²) in [6.07, 6.45) is 1.36.